The number of unbranched alkanes of at least 4 members (excludes halogenated alkanes) is 3. The molecule has 0 aromatic rings. The van der Waals surface area contributed by atoms with E-state index in [1.54, 1.807) is 0 Å². The summed E-state index contributed by atoms with van der Waals surface area (Å²) in [4.78, 5) is 10.9. The summed E-state index contributed by atoms with van der Waals surface area (Å²) < 4.78 is 0. The largest absolute Gasteiger partial charge is 0.299 e. The van der Waals surface area contributed by atoms with Crippen LogP contribution in [0.4, 0.5) is 0 Å². The average Bonchev–Trinajstić information content (AvgIpc) is 2.96. The summed E-state index contributed by atoms with van der Waals surface area (Å²) in [6, 6.07) is 0. The highest BCUT2D eigenvalue weighted by Crippen LogP contribution is 2.10. The fourth-order valence-electron chi connectivity index (χ4n) is 2.28. The minimum absolute atomic E-state index is 0.923. The van der Waals surface area contributed by atoms with Gasteiger partial charge in [-0.05, 0) is 25.7 Å². The summed E-state index contributed by atoms with van der Waals surface area (Å²) >= 11 is 0. The van der Waals surface area contributed by atoms with E-state index in [1.165, 1.54) is 38.5 Å². The molecule has 0 aromatic heterocycles. The van der Waals surface area contributed by atoms with Crippen molar-refractivity contribution < 1.29 is 9.68 Å². The topological polar surface area (TPSA) is 24.9 Å². The Balaban J connectivity index is 1.37. The second kappa shape index (κ2) is 7.22. The molecule has 0 amide bonds. The zero-order valence-electron chi connectivity index (χ0n) is 10.2. The SMILES string of the molecule is C(CCCN1CCCO1)CCN1CCCO1. The van der Waals surface area contributed by atoms with Crippen molar-refractivity contribution in [2.24, 2.45) is 0 Å². The van der Waals surface area contributed by atoms with Crippen LogP contribution in [0.2, 0.25) is 0 Å². The molecule has 2 aliphatic heterocycles. The van der Waals surface area contributed by atoms with Gasteiger partial charge in [-0.2, -0.15) is 10.1 Å². The van der Waals surface area contributed by atoms with Crippen molar-refractivity contribution in [3.8, 4) is 0 Å². The zero-order chi connectivity index (χ0) is 11.1. The predicted molar refractivity (Wildman–Crippen MR) is 62.8 cm³/mol. The molecule has 2 aliphatic rings. The van der Waals surface area contributed by atoms with Crippen LogP contribution in [0.3, 0.4) is 0 Å². The molecule has 0 aromatic carbocycles. The molecule has 2 rings (SSSR count). The van der Waals surface area contributed by atoms with E-state index in [0.29, 0.717) is 0 Å². The monoisotopic (exact) mass is 228 g/mol. The molecule has 4 heteroatoms. The molecular weight excluding hydrogens is 204 g/mol. The molecule has 0 saturated carbocycles. The highest BCUT2D eigenvalue weighted by molar-refractivity contribution is 4.56. The summed E-state index contributed by atoms with van der Waals surface area (Å²) in [6.07, 6.45) is 7.56. The highest BCUT2D eigenvalue weighted by Gasteiger charge is 2.12. The smallest absolute Gasteiger partial charge is 0.0698 e. The first-order valence-electron chi connectivity index (χ1n) is 6.71. The van der Waals surface area contributed by atoms with Gasteiger partial charge in [0.2, 0.25) is 0 Å². The van der Waals surface area contributed by atoms with E-state index in [4.69, 9.17) is 9.68 Å². The van der Waals surface area contributed by atoms with Crippen LogP contribution >= 0.6 is 0 Å². The van der Waals surface area contributed by atoms with Gasteiger partial charge in [-0.3, -0.25) is 9.68 Å². The molecule has 2 fully saturated rings. The number of hydroxylamine groups is 4. The maximum atomic E-state index is 5.45. The second-order valence-electron chi connectivity index (χ2n) is 4.65. The maximum absolute atomic E-state index is 5.45. The maximum Gasteiger partial charge on any atom is 0.0698 e. The molecule has 0 N–H and O–H groups in total. The summed E-state index contributed by atoms with van der Waals surface area (Å²) in [5.74, 6) is 0. The van der Waals surface area contributed by atoms with Gasteiger partial charge in [-0.15, -0.1) is 0 Å². The lowest BCUT2D eigenvalue weighted by Gasteiger charge is -2.14. The third-order valence-corrected chi connectivity index (χ3v) is 3.22. The van der Waals surface area contributed by atoms with Crippen LogP contribution in [0, 0.1) is 0 Å². The molecule has 4 nitrogen and oxygen atoms in total. The van der Waals surface area contributed by atoms with E-state index in [-0.39, 0.29) is 0 Å². The van der Waals surface area contributed by atoms with E-state index < -0.39 is 0 Å². The van der Waals surface area contributed by atoms with Crippen LogP contribution in [-0.4, -0.2) is 49.5 Å². The lowest BCUT2D eigenvalue weighted by Crippen LogP contribution is -2.20. The Morgan fingerprint density at radius 3 is 1.56 bits per heavy atom. The fourth-order valence-corrected chi connectivity index (χ4v) is 2.28. The number of hydrogen-bond donors (Lipinski definition) is 0. The van der Waals surface area contributed by atoms with Gasteiger partial charge in [-0.1, -0.05) is 12.8 Å². The highest BCUT2D eigenvalue weighted by atomic mass is 16.7. The van der Waals surface area contributed by atoms with E-state index in [9.17, 15) is 0 Å². The van der Waals surface area contributed by atoms with Crippen LogP contribution in [0.1, 0.15) is 38.5 Å². The third kappa shape index (κ3) is 4.37. The van der Waals surface area contributed by atoms with Crippen molar-refractivity contribution in [1.29, 1.82) is 0 Å². The summed E-state index contributed by atoms with van der Waals surface area (Å²) in [7, 11) is 0. The molecule has 0 spiro atoms. The standard InChI is InChI=1S/C12H24N2O2/c1(3-7-13-9-5-11-15-13)2-4-8-14-10-6-12-16-14/h1-12H2. The lowest BCUT2D eigenvalue weighted by molar-refractivity contribution is -0.112. The van der Waals surface area contributed by atoms with Crippen LogP contribution in [0.5, 0.6) is 0 Å². The number of nitrogens with zero attached hydrogens (tertiary/aromatic N) is 2. The first kappa shape index (κ1) is 12.3. The Kier molecular flexibility index (Phi) is 5.55. The molecule has 0 unspecified atom stereocenters. The van der Waals surface area contributed by atoms with Gasteiger partial charge >= 0.3 is 0 Å². The summed E-state index contributed by atoms with van der Waals surface area (Å²) in [5.41, 5.74) is 0. The quantitative estimate of drug-likeness (QED) is 0.621. The summed E-state index contributed by atoms with van der Waals surface area (Å²) in [6.45, 7) is 6.32. The average molecular weight is 228 g/mol. The van der Waals surface area contributed by atoms with Gasteiger partial charge < -0.3 is 0 Å². The Hall–Kier alpha value is -0.160. The Morgan fingerprint density at radius 2 is 1.19 bits per heavy atom. The predicted octanol–water partition coefficient (Wildman–Crippen LogP) is 1.82. The second-order valence-corrected chi connectivity index (χ2v) is 4.65. The van der Waals surface area contributed by atoms with Gasteiger partial charge in [0.1, 0.15) is 0 Å². The van der Waals surface area contributed by atoms with Gasteiger partial charge in [0.15, 0.2) is 0 Å². The molecule has 16 heavy (non-hydrogen) atoms. The first-order chi connectivity index (χ1) is 7.95. The third-order valence-electron chi connectivity index (χ3n) is 3.22. The van der Waals surface area contributed by atoms with E-state index >= 15 is 0 Å². The number of rotatable bonds is 7. The molecule has 0 aliphatic carbocycles. The minimum atomic E-state index is 0.923. The summed E-state index contributed by atoms with van der Waals surface area (Å²) in [5, 5.41) is 4.23. The normalized spacial score (nSPS) is 23.2. The molecule has 94 valence electrons. The minimum Gasteiger partial charge on any atom is -0.299 e. The Labute approximate surface area is 98.4 Å². The van der Waals surface area contributed by atoms with Gasteiger partial charge in [0.25, 0.3) is 0 Å². The Bertz CT molecular complexity index is 158. The van der Waals surface area contributed by atoms with Crippen molar-refractivity contribution in [2.75, 3.05) is 39.4 Å². The molecule has 0 atom stereocenters. The van der Waals surface area contributed by atoms with Crippen molar-refractivity contribution in [3.63, 3.8) is 0 Å². The molecule has 0 bridgehead atoms. The first-order valence-corrected chi connectivity index (χ1v) is 6.71. The van der Waals surface area contributed by atoms with Crippen LogP contribution < -0.4 is 0 Å². The lowest BCUT2D eigenvalue weighted by atomic mass is 10.2. The van der Waals surface area contributed by atoms with Crippen LogP contribution in [0.25, 0.3) is 0 Å². The van der Waals surface area contributed by atoms with E-state index in [1.807, 2.05) is 0 Å². The van der Waals surface area contributed by atoms with Crippen LogP contribution in [-0.2, 0) is 9.68 Å². The zero-order valence-corrected chi connectivity index (χ0v) is 10.2. The van der Waals surface area contributed by atoms with Gasteiger partial charge in [-0.25, -0.2) is 0 Å². The van der Waals surface area contributed by atoms with Crippen LogP contribution in [0.15, 0.2) is 0 Å². The van der Waals surface area contributed by atoms with Crippen molar-refractivity contribution in [1.82, 2.24) is 10.1 Å². The Morgan fingerprint density at radius 1 is 0.688 bits per heavy atom. The molecule has 2 saturated heterocycles. The number of hydrogen-bond acceptors (Lipinski definition) is 4. The van der Waals surface area contributed by atoms with Gasteiger partial charge in [0.05, 0.1) is 13.2 Å². The van der Waals surface area contributed by atoms with Crippen molar-refractivity contribution in [3.05, 3.63) is 0 Å². The molecule has 2 heterocycles. The molecule has 0 radical (unpaired) electrons. The van der Waals surface area contributed by atoms with Gasteiger partial charge in [0, 0.05) is 26.2 Å². The fraction of sp³-hybridized carbons (Fsp3) is 1.00. The van der Waals surface area contributed by atoms with Crippen molar-refractivity contribution in [2.45, 2.75) is 38.5 Å². The van der Waals surface area contributed by atoms with E-state index in [2.05, 4.69) is 10.1 Å². The van der Waals surface area contributed by atoms with Crippen molar-refractivity contribution >= 4 is 0 Å². The molecular formula is C12H24N2O2. The van der Waals surface area contributed by atoms with E-state index in [0.717, 1.165) is 39.4 Å².